The zero-order valence-electron chi connectivity index (χ0n) is 18.1. The van der Waals surface area contributed by atoms with Crippen LogP contribution in [0.15, 0.2) is 53.5 Å². The van der Waals surface area contributed by atoms with E-state index in [9.17, 15) is 4.79 Å². The highest BCUT2D eigenvalue weighted by molar-refractivity contribution is 14.0. The number of rotatable bonds is 9. The van der Waals surface area contributed by atoms with E-state index in [1.807, 2.05) is 67.5 Å². The minimum atomic E-state index is -0.0609. The topological polar surface area (TPSA) is 78.0 Å². The first kappa shape index (κ1) is 25.7. The van der Waals surface area contributed by atoms with Crippen molar-refractivity contribution >= 4 is 35.8 Å². The summed E-state index contributed by atoms with van der Waals surface area (Å²) in [5.41, 5.74) is 2.76. The van der Waals surface area contributed by atoms with Crippen LogP contribution in [0, 0.1) is 0 Å². The summed E-state index contributed by atoms with van der Waals surface area (Å²) in [6.45, 7) is 2.62. The van der Waals surface area contributed by atoms with Crippen LogP contribution in [0.4, 0.5) is 0 Å². The van der Waals surface area contributed by atoms with Crippen molar-refractivity contribution in [2.24, 2.45) is 4.99 Å². The van der Waals surface area contributed by atoms with E-state index in [0.717, 1.165) is 23.4 Å². The van der Waals surface area contributed by atoms with Gasteiger partial charge in [0, 0.05) is 38.8 Å². The Morgan fingerprint density at radius 2 is 1.63 bits per heavy atom. The van der Waals surface area contributed by atoms with E-state index in [0.29, 0.717) is 31.2 Å². The van der Waals surface area contributed by atoms with Crippen LogP contribution in [0.25, 0.3) is 0 Å². The summed E-state index contributed by atoms with van der Waals surface area (Å²) in [5.74, 6) is 1.45. The molecular formula is C22H32IN5O2. The van der Waals surface area contributed by atoms with Gasteiger partial charge in [0.05, 0.1) is 7.11 Å². The van der Waals surface area contributed by atoms with E-state index in [4.69, 9.17) is 4.74 Å². The molecule has 0 heterocycles. The average Bonchev–Trinajstić information content (AvgIpc) is 2.74. The van der Waals surface area contributed by atoms with Gasteiger partial charge in [-0.1, -0.05) is 24.3 Å². The number of likely N-dealkylation sites (N-methyl/N-ethyl adjacent to an activating group) is 1. The minimum absolute atomic E-state index is 0. The number of carbonyl (C=O) groups is 1. The van der Waals surface area contributed by atoms with Crippen molar-refractivity contribution in [2.75, 3.05) is 41.3 Å². The molecule has 0 unspecified atom stereocenters. The Labute approximate surface area is 196 Å². The number of amides is 1. The largest absolute Gasteiger partial charge is 0.497 e. The summed E-state index contributed by atoms with van der Waals surface area (Å²) in [6, 6.07) is 15.5. The Morgan fingerprint density at radius 3 is 2.23 bits per heavy atom. The summed E-state index contributed by atoms with van der Waals surface area (Å²) in [6.07, 6.45) is 0. The van der Waals surface area contributed by atoms with Gasteiger partial charge >= 0.3 is 0 Å². The highest BCUT2D eigenvalue weighted by atomic mass is 127. The molecule has 0 aliphatic heterocycles. The SMILES string of the molecule is CN=C(NCc1cccc(OC)c1)NCc1cccc(C(=O)NCCN(C)C)c1.I. The van der Waals surface area contributed by atoms with E-state index in [1.165, 1.54) is 0 Å². The van der Waals surface area contributed by atoms with Crippen LogP contribution in [-0.4, -0.2) is 58.1 Å². The van der Waals surface area contributed by atoms with Crippen molar-refractivity contribution in [2.45, 2.75) is 13.1 Å². The van der Waals surface area contributed by atoms with Crippen molar-refractivity contribution in [1.82, 2.24) is 20.9 Å². The predicted molar refractivity (Wildman–Crippen MR) is 133 cm³/mol. The van der Waals surface area contributed by atoms with E-state index in [-0.39, 0.29) is 29.9 Å². The molecule has 2 aromatic carbocycles. The number of benzene rings is 2. The maximum Gasteiger partial charge on any atom is 0.251 e. The van der Waals surface area contributed by atoms with E-state index in [1.54, 1.807) is 14.2 Å². The molecule has 2 rings (SSSR count). The van der Waals surface area contributed by atoms with Gasteiger partial charge in [-0.15, -0.1) is 24.0 Å². The Kier molecular flexibility index (Phi) is 11.8. The van der Waals surface area contributed by atoms with Crippen LogP contribution in [-0.2, 0) is 13.1 Å². The molecule has 0 aliphatic rings. The molecule has 0 spiro atoms. The van der Waals surface area contributed by atoms with Gasteiger partial charge in [-0.05, 0) is 49.5 Å². The van der Waals surface area contributed by atoms with Gasteiger partial charge < -0.3 is 25.6 Å². The van der Waals surface area contributed by atoms with Gasteiger partial charge in [0.2, 0.25) is 0 Å². The molecule has 1 amide bonds. The van der Waals surface area contributed by atoms with Crippen molar-refractivity contribution in [3.63, 3.8) is 0 Å². The molecule has 0 bridgehead atoms. The number of aliphatic imine (C=N–C) groups is 1. The molecule has 7 nitrogen and oxygen atoms in total. The quantitative estimate of drug-likeness (QED) is 0.267. The Bertz CT molecular complexity index is 827. The lowest BCUT2D eigenvalue weighted by Crippen LogP contribution is -2.36. The molecule has 0 saturated carbocycles. The number of methoxy groups -OCH3 is 1. The van der Waals surface area contributed by atoms with Gasteiger partial charge in [-0.25, -0.2) is 0 Å². The number of halogens is 1. The lowest BCUT2D eigenvalue weighted by atomic mass is 10.1. The molecule has 0 fully saturated rings. The fraction of sp³-hybridized carbons (Fsp3) is 0.364. The van der Waals surface area contributed by atoms with Crippen molar-refractivity contribution in [1.29, 1.82) is 0 Å². The molecule has 0 radical (unpaired) electrons. The van der Waals surface area contributed by atoms with Crippen molar-refractivity contribution in [3.8, 4) is 5.75 Å². The second-order valence-corrected chi connectivity index (χ2v) is 6.89. The van der Waals surface area contributed by atoms with E-state index >= 15 is 0 Å². The fourth-order valence-electron chi connectivity index (χ4n) is 2.69. The molecule has 0 saturated heterocycles. The third kappa shape index (κ3) is 9.00. The summed E-state index contributed by atoms with van der Waals surface area (Å²) >= 11 is 0. The number of guanidine groups is 1. The summed E-state index contributed by atoms with van der Waals surface area (Å²) in [5, 5.41) is 9.49. The number of nitrogens with one attached hydrogen (secondary N) is 3. The molecule has 0 atom stereocenters. The molecular weight excluding hydrogens is 493 g/mol. The minimum Gasteiger partial charge on any atom is -0.497 e. The van der Waals surface area contributed by atoms with Crippen LogP contribution in [0.3, 0.4) is 0 Å². The van der Waals surface area contributed by atoms with Crippen LogP contribution in [0.5, 0.6) is 5.75 Å². The Hall–Kier alpha value is -2.33. The summed E-state index contributed by atoms with van der Waals surface area (Å²) in [4.78, 5) is 18.6. The van der Waals surface area contributed by atoms with Gasteiger partial charge in [-0.2, -0.15) is 0 Å². The lowest BCUT2D eigenvalue weighted by molar-refractivity contribution is 0.0951. The van der Waals surface area contributed by atoms with Gasteiger partial charge in [0.15, 0.2) is 5.96 Å². The molecule has 0 aromatic heterocycles. The van der Waals surface area contributed by atoms with Crippen molar-refractivity contribution < 1.29 is 9.53 Å². The smallest absolute Gasteiger partial charge is 0.251 e. The highest BCUT2D eigenvalue weighted by Crippen LogP contribution is 2.12. The molecule has 3 N–H and O–H groups in total. The number of nitrogens with zero attached hydrogens (tertiary/aromatic N) is 2. The standard InChI is InChI=1S/C22H31N5O2.HI/c1-23-22(26-16-18-8-6-10-20(14-18)29-4)25-15-17-7-5-9-19(13-17)21(28)24-11-12-27(2)3;/h5-10,13-14H,11-12,15-16H2,1-4H3,(H,24,28)(H2,23,25,26);1H. The highest BCUT2D eigenvalue weighted by Gasteiger charge is 2.06. The van der Waals surface area contributed by atoms with E-state index < -0.39 is 0 Å². The molecule has 164 valence electrons. The zero-order valence-corrected chi connectivity index (χ0v) is 20.4. The van der Waals surface area contributed by atoms with Crippen molar-refractivity contribution in [3.05, 3.63) is 65.2 Å². The second-order valence-electron chi connectivity index (χ2n) is 6.89. The Morgan fingerprint density at radius 1 is 1.00 bits per heavy atom. The molecule has 0 aliphatic carbocycles. The number of hydrogen-bond acceptors (Lipinski definition) is 4. The monoisotopic (exact) mass is 525 g/mol. The third-order valence-electron chi connectivity index (χ3n) is 4.31. The maximum atomic E-state index is 12.3. The number of ether oxygens (including phenoxy) is 1. The first-order valence-electron chi connectivity index (χ1n) is 9.61. The fourth-order valence-corrected chi connectivity index (χ4v) is 2.69. The van der Waals surface area contributed by atoms with Crippen LogP contribution in [0.1, 0.15) is 21.5 Å². The number of hydrogen-bond donors (Lipinski definition) is 3. The molecule has 8 heteroatoms. The zero-order chi connectivity index (χ0) is 21.1. The number of carbonyl (C=O) groups excluding carboxylic acids is 1. The normalized spacial score (nSPS) is 10.9. The maximum absolute atomic E-state index is 12.3. The van der Waals surface area contributed by atoms with Crippen LogP contribution >= 0.6 is 24.0 Å². The van der Waals surface area contributed by atoms with Gasteiger partial charge in [0.1, 0.15) is 5.75 Å². The third-order valence-corrected chi connectivity index (χ3v) is 4.31. The Balaban J connectivity index is 0.00000450. The van der Waals surface area contributed by atoms with Gasteiger partial charge in [-0.3, -0.25) is 9.79 Å². The molecule has 30 heavy (non-hydrogen) atoms. The summed E-state index contributed by atoms with van der Waals surface area (Å²) in [7, 11) is 7.35. The predicted octanol–water partition coefficient (Wildman–Crippen LogP) is 2.47. The first-order chi connectivity index (χ1) is 14.0. The van der Waals surface area contributed by atoms with E-state index in [2.05, 4.69) is 20.9 Å². The second kappa shape index (κ2) is 13.8. The summed E-state index contributed by atoms with van der Waals surface area (Å²) < 4.78 is 5.25. The first-order valence-corrected chi connectivity index (χ1v) is 9.61. The van der Waals surface area contributed by atoms with Gasteiger partial charge in [0.25, 0.3) is 5.91 Å². The van der Waals surface area contributed by atoms with Crippen LogP contribution < -0.4 is 20.7 Å². The van der Waals surface area contributed by atoms with Crippen LogP contribution in [0.2, 0.25) is 0 Å². The molecule has 2 aromatic rings. The lowest BCUT2D eigenvalue weighted by Gasteiger charge is -2.13. The average molecular weight is 525 g/mol.